The molecule has 9 heteroatoms. The highest BCUT2D eigenvalue weighted by Gasteiger charge is 2.13. The van der Waals surface area contributed by atoms with Crippen LogP contribution in [0.5, 0.6) is 0 Å². The monoisotopic (exact) mass is 327 g/mol. The number of nitrogens with two attached hydrogens (primary N) is 1. The van der Waals surface area contributed by atoms with E-state index in [1.54, 1.807) is 5.38 Å². The number of benzene rings is 1. The number of aromatic amines is 1. The second-order valence-electron chi connectivity index (χ2n) is 4.42. The minimum Gasteiger partial charge on any atom is -0.399 e. The quantitative estimate of drug-likeness (QED) is 0.700. The first kappa shape index (κ1) is 15.3. The predicted octanol–water partition coefficient (Wildman–Crippen LogP) is 0.352. The van der Waals surface area contributed by atoms with Crippen molar-refractivity contribution in [3.8, 4) is 0 Å². The first-order chi connectivity index (χ1) is 9.75. The Kier molecular flexibility index (Phi) is 4.14. The normalized spacial score (nSPS) is 11.3. The van der Waals surface area contributed by atoms with Gasteiger partial charge in [0, 0.05) is 28.6 Å². The number of carbonyl (C=O) groups excluding carboxylic acids is 1. The molecule has 0 radical (unpaired) electrons. The summed E-state index contributed by atoms with van der Waals surface area (Å²) in [5.74, 6) is -0.473. The van der Waals surface area contributed by atoms with Crippen molar-refractivity contribution in [1.82, 2.24) is 10.3 Å². The first-order valence-electron chi connectivity index (χ1n) is 5.81. The molecule has 0 fully saturated rings. The van der Waals surface area contributed by atoms with E-state index in [2.05, 4.69) is 10.3 Å². The number of anilines is 1. The molecule has 2 aromatic rings. The number of nitrogen functional groups attached to an aromatic ring is 1. The Bertz CT molecular complexity index is 836. The maximum Gasteiger partial charge on any atom is 0.304 e. The van der Waals surface area contributed by atoms with Crippen LogP contribution in [0.4, 0.5) is 5.69 Å². The Hall–Kier alpha value is -2.13. The molecule has 0 atom stereocenters. The van der Waals surface area contributed by atoms with Crippen molar-refractivity contribution in [3.05, 3.63) is 44.5 Å². The summed E-state index contributed by atoms with van der Waals surface area (Å²) in [5, 5.41) is 4.18. The van der Waals surface area contributed by atoms with Crippen molar-refractivity contribution >= 4 is 32.8 Å². The standard InChI is InChI=1S/C12H13N3O4S2/c1-21(18,19)10-3-7(2-8(13)4-10)11(16)14-5-9-6-20-12(17)15-9/h2-4,6H,5,13H2,1H3,(H,14,16)(H,15,17). The predicted molar refractivity (Wildman–Crippen MR) is 80.1 cm³/mol. The lowest BCUT2D eigenvalue weighted by atomic mass is 10.2. The summed E-state index contributed by atoms with van der Waals surface area (Å²) >= 11 is 0.998. The average Bonchev–Trinajstić information content (AvgIpc) is 2.80. The fourth-order valence-electron chi connectivity index (χ4n) is 1.65. The number of thiazole rings is 1. The van der Waals surface area contributed by atoms with Crippen LogP contribution in [-0.2, 0) is 16.4 Å². The van der Waals surface area contributed by atoms with E-state index >= 15 is 0 Å². The maximum absolute atomic E-state index is 12.0. The largest absolute Gasteiger partial charge is 0.399 e. The summed E-state index contributed by atoms with van der Waals surface area (Å²) < 4.78 is 23.0. The molecule has 0 aliphatic carbocycles. The van der Waals surface area contributed by atoms with Gasteiger partial charge in [0.05, 0.1) is 11.4 Å². The lowest BCUT2D eigenvalue weighted by Crippen LogP contribution is -2.23. The lowest BCUT2D eigenvalue weighted by molar-refractivity contribution is 0.0950. The number of aromatic nitrogens is 1. The van der Waals surface area contributed by atoms with Crippen molar-refractivity contribution in [2.45, 2.75) is 11.4 Å². The van der Waals surface area contributed by atoms with Gasteiger partial charge in [0.1, 0.15) is 0 Å². The summed E-state index contributed by atoms with van der Waals surface area (Å²) in [7, 11) is -3.45. The number of H-pyrrole nitrogens is 1. The summed E-state index contributed by atoms with van der Waals surface area (Å²) in [6.07, 6.45) is 1.04. The molecule has 1 heterocycles. The highest BCUT2D eigenvalue weighted by Crippen LogP contribution is 2.16. The van der Waals surface area contributed by atoms with E-state index in [1.807, 2.05) is 0 Å². The summed E-state index contributed by atoms with van der Waals surface area (Å²) in [4.78, 5) is 25.3. The van der Waals surface area contributed by atoms with Gasteiger partial charge in [-0.2, -0.15) is 0 Å². The third kappa shape index (κ3) is 3.92. The molecule has 0 saturated carbocycles. The van der Waals surface area contributed by atoms with Gasteiger partial charge in [0.15, 0.2) is 9.84 Å². The van der Waals surface area contributed by atoms with Gasteiger partial charge in [-0.3, -0.25) is 9.59 Å². The van der Waals surface area contributed by atoms with E-state index in [0.717, 1.165) is 17.6 Å². The third-order valence-corrected chi connectivity index (χ3v) is 4.44. The van der Waals surface area contributed by atoms with Gasteiger partial charge < -0.3 is 16.0 Å². The summed E-state index contributed by atoms with van der Waals surface area (Å²) in [6, 6.07) is 3.94. The third-order valence-electron chi connectivity index (χ3n) is 2.63. The molecule has 1 aromatic heterocycles. The molecule has 0 saturated heterocycles. The number of rotatable bonds is 4. The van der Waals surface area contributed by atoms with Crippen molar-refractivity contribution in [2.24, 2.45) is 0 Å². The molecule has 1 amide bonds. The highest BCUT2D eigenvalue weighted by molar-refractivity contribution is 7.90. The van der Waals surface area contributed by atoms with Gasteiger partial charge in [-0.05, 0) is 18.2 Å². The van der Waals surface area contributed by atoms with Crippen molar-refractivity contribution in [3.63, 3.8) is 0 Å². The molecule has 112 valence electrons. The van der Waals surface area contributed by atoms with Gasteiger partial charge in [0.25, 0.3) is 5.91 Å². The number of hydrogen-bond donors (Lipinski definition) is 3. The van der Waals surface area contributed by atoms with Gasteiger partial charge in [-0.25, -0.2) is 8.42 Å². The topological polar surface area (TPSA) is 122 Å². The molecule has 7 nitrogen and oxygen atoms in total. The van der Waals surface area contributed by atoms with Crippen LogP contribution in [0, 0.1) is 0 Å². The highest BCUT2D eigenvalue weighted by atomic mass is 32.2. The van der Waals surface area contributed by atoms with Gasteiger partial charge in [0.2, 0.25) is 0 Å². The van der Waals surface area contributed by atoms with Crippen LogP contribution < -0.4 is 15.9 Å². The number of sulfone groups is 1. The Labute approximate surface area is 124 Å². The summed E-state index contributed by atoms with van der Waals surface area (Å²) in [6.45, 7) is 0.139. The molecule has 21 heavy (non-hydrogen) atoms. The van der Waals surface area contributed by atoms with E-state index in [1.165, 1.54) is 18.2 Å². The molecule has 0 aliphatic heterocycles. The maximum atomic E-state index is 12.0. The number of carbonyl (C=O) groups is 1. The van der Waals surface area contributed by atoms with Crippen LogP contribution in [0.2, 0.25) is 0 Å². The van der Waals surface area contributed by atoms with Crippen LogP contribution in [0.3, 0.4) is 0 Å². The minimum absolute atomic E-state index is 0.0170. The average molecular weight is 327 g/mol. The van der Waals surface area contributed by atoms with Crippen LogP contribution in [0.25, 0.3) is 0 Å². The Morgan fingerprint density at radius 3 is 2.67 bits per heavy atom. The van der Waals surface area contributed by atoms with E-state index in [0.29, 0.717) is 5.69 Å². The van der Waals surface area contributed by atoms with Gasteiger partial charge in [-0.1, -0.05) is 11.3 Å². The second kappa shape index (κ2) is 5.70. The van der Waals surface area contributed by atoms with Crippen molar-refractivity contribution in [2.75, 3.05) is 12.0 Å². The number of hydrogen-bond acceptors (Lipinski definition) is 6. The fourth-order valence-corrected chi connectivity index (χ4v) is 2.92. The second-order valence-corrected chi connectivity index (χ2v) is 7.28. The molecule has 4 N–H and O–H groups in total. The first-order valence-corrected chi connectivity index (χ1v) is 8.58. The Morgan fingerprint density at radius 1 is 1.38 bits per heavy atom. The lowest BCUT2D eigenvalue weighted by Gasteiger charge is -2.07. The Balaban J connectivity index is 2.19. The van der Waals surface area contributed by atoms with Crippen LogP contribution in [0.1, 0.15) is 16.1 Å². The SMILES string of the molecule is CS(=O)(=O)c1cc(N)cc(C(=O)NCc2csc(=O)[nH]2)c1. The van der Waals surface area contributed by atoms with Gasteiger partial charge in [-0.15, -0.1) is 0 Å². The van der Waals surface area contributed by atoms with Gasteiger partial charge >= 0.3 is 4.87 Å². The number of amides is 1. The minimum atomic E-state index is -3.45. The number of nitrogens with one attached hydrogen (secondary N) is 2. The fraction of sp³-hybridized carbons (Fsp3) is 0.167. The van der Waals surface area contributed by atoms with Crippen molar-refractivity contribution < 1.29 is 13.2 Å². The van der Waals surface area contributed by atoms with E-state index in [-0.39, 0.29) is 27.6 Å². The molecule has 1 aromatic carbocycles. The Morgan fingerprint density at radius 2 is 2.10 bits per heavy atom. The summed E-state index contributed by atoms with van der Waals surface area (Å²) in [5.41, 5.74) is 6.52. The molecular formula is C12H13N3O4S2. The van der Waals surface area contributed by atoms with Crippen LogP contribution in [-0.4, -0.2) is 25.6 Å². The van der Waals surface area contributed by atoms with Crippen LogP contribution in [0.15, 0.2) is 33.3 Å². The molecule has 0 unspecified atom stereocenters. The molecular weight excluding hydrogens is 314 g/mol. The smallest absolute Gasteiger partial charge is 0.304 e. The molecule has 0 bridgehead atoms. The molecule has 0 spiro atoms. The zero-order chi connectivity index (χ0) is 15.6. The van der Waals surface area contributed by atoms with E-state index < -0.39 is 15.7 Å². The zero-order valence-corrected chi connectivity index (χ0v) is 12.7. The van der Waals surface area contributed by atoms with E-state index in [9.17, 15) is 18.0 Å². The zero-order valence-electron chi connectivity index (χ0n) is 11.0. The van der Waals surface area contributed by atoms with E-state index in [4.69, 9.17) is 5.73 Å². The van der Waals surface area contributed by atoms with Crippen LogP contribution >= 0.6 is 11.3 Å². The molecule has 2 rings (SSSR count). The van der Waals surface area contributed by atoms with Crippen molar-refractivity contribution in [1.29, 1.82) is 0 Å². The molecule has 0 aliphatic rings.